The fraction of sp³-hybridized carbons (Fsp3) is 0.538. The predicted molar refractivity (Wildman–Crippen MR) is 65.9 cm³/mol. The predicted octanol–water partition coefficient (Wildman–Crippen LogP) is 1.61. The van der Waals surface area contributed by atoms with Crippen molar-refractivity contribution in [3.05, 3.63) is 29.6 Å². The third-order valence-electron chi connectivity index (χ3n) is 3.30. The van der Waals surface area contributed by atoms with Crippen molar-refractivity contribution in [1.29, 1.82) is 0 Å². The standard InChI is InChI=1S/C13H19FN2O/c1-16(7-9-4-12(17)5-9)8-10-2-3-11(15)6-13(10)14/h2-3,6,9,12,17H,4-5,7-8,15H2,1H3. The van der Waals surface area contributed by atoms with E-state index in [4.69, 9.17) is 5.73 Å². The van der Waals surface area contributed by atoms with Gasteiger partial charge in [0, 0.05) is 24.3 Å². The van der Waals surface area contributed by atoms with E-state index in [1.54, 1.807) is 12.1 Å². The number of halogens is 1. The molecule has 1 aromatic rings. The van der Waals surface area contributed by atoms with E-state index in [0.717, 1.165) is 19.4 Å². The van der Waals surface area contributed by atoms with Gasteiger partial charge in [0.05, 0.1) is 6.10 Å². The minimum atomic E-state index is -0.245. The summed E-state index contributed by atoms with van der Waals surface area (Å²) in [4.78, 5) is 2.09. The Labute approximate surface area is 101 Å². The lowest BCUT2D eigenvalue weighted by Crippen LogP contribution is -2.36. The van der Waals surface area contributed by atoms with E-state index >= 15 is 0 Å². The molecule has 0 bridgehead atoms. The molecule has 94 valence electrons. The molecule has 1 aliphatic rings. The van der Waals surface area contributed by atoms with Gasteiger partial charge in [0.1, 0.15) is 5.82 Å². The highest BCUT2D eigenvalue weighted by Gasteiger charge is 2.27. The van der Waals surface area contributed by atoms with Crippen LogP contribution in [0.15, 0.2) is 18.2 Å². The summed E-state index contributed by atoms with van der Waals surface area (Å²) in [6.45, 7) is 1.49. The Morgan fingerprint density at radius 1 is 1.47 bits per heavy atom. The van der Waals surface area contributed by atoms with Crippen LogP contribution in [0.25, 0.3) is 0 Å². The largest absolute Gasteiger partial charge is 0.399 e. The van der Waals surface area contributed by atoms with Crippen LogP contribution < -0.4 is 5.73 Å². The number of rotatable bonds is 4. The first-order chi connectivity index (χ1) is 8.04. The number of hydrogen-bond donors (Lipinski definition) is 2. The molecular weight excluding hydrogens is 219 g/mol. The molecule has 0 amide bonds. The number of hydrogen-bond acceptors (Lipinski definition) is 3. The van der Waals surface area contributed by atoms with E-state index in [-0.39, 0.29) is 11.9 Å². The van der Waals surface area contributed by atoms with Gasteiger partial charge in [-0.3, -0.25) is 0 Å². The second-order valence-corrected chi connectivity index (χ2v) is 5.04. The monoisotopic (exact) mass is 238 g/mol. The maximum atomic E-state index is 13.6. The van der Waals surface area contributed by atoms with Gasteiger partial charge in [0.25, 0.3) is 0 Å². The van der Waals surface area contributed by atoms with Gasteiger partial charge in [-0.1, -0.05) is 6.07 Å². The quantitative estimate of drug-likeness (QED) is 0.783. The van der Waals surface area contributed by atoms with Crippen molar-refractivity contribution in [2.75, 3.05) is 19.3 Å². The van der Waals surface area contributed by atoms with Crippen molar-refractivity contribution < 1.29 is 9.50 Å². The molecule has 4 heteroatoms. The second-order valence-electron chi connectivity index (χ2n) is 5.04. The number of nitrogens with two attached hydrogens (primary N) is 1. The van der Waals surface area contributed by atoms with E-state index < -0.39 is 0 Å². The highest BCUT2D eigenvalue weighted by molar-refractivity contribution is 5.40. The zero-order chi connectivity index (χ0) is 12.4. The van der Waals surface area contributed by atoms with Crippen LogP contribution >= 0.6 is 0 Å². The van der Waals surface area contributed by atoms with Crippen LogP contribution in [-0.2, 0) is 6.54 Å². The van der Waals surface area contributed by atoms with Crippen molar-refractivity contribution in [3.8, 4) is 0 Å². The lowest BCUT2D eigenvalue weighted by Gasteiger charge is -2.34. The molecule has 0 saturated heterocycles. The Hall–Kier alpha value is -1.13. The molecule has 0 atom stereocenters. The van der Waals surface area contributed by atoms with Gasteiger partial charge >= 0.3 is 0 Å². The summed E-state index contributed by atoms with van der Waals surface area (Å²) in [5, 5.41) is 9.20. The molecule has 0 radical (unpaired) electrons. The van der Waals surface area contributed by atoms with Crippen molar-refractivity contribution in [2.45, 2.75) is 25.5 Å². The van der Waals surface area contributed by atoms with Crippen molar-refractivity contribution >= 4 is 5.69 Å². The Morgan fingerprint density at radius 2 is 2.18 bits per heavy atom. The summed E-state index contributed by atoms with van der Waals surface area (Å²) in [5.41, 5.74) is 6.63. The third kappa shape index (κ3) is 3.17. The summed E-state index contributed by atoms with van der Waals surface area (Å²) >= 11 is 0. The molecule has 1 aliphatic carbocycles. The summed E-state index contributed by atoms with van der Waals surface area (Å²) in [6.07, 6.45) is 1.62. The molecular formula is C13H19FN2O. The molecule has 0 unspecified atom stereocenters. The van der Waals surface area contributed by atoms with Gasteiger partial charge in [0.2, 0.25) is 0 Å². The summed E-state index contributed by atoms with van der Waals surface area (Å²) in [5.74, 6) is 0.303. The van der Waals surface area contributed by atoms with E-state index in [1.165, 1.54) is 6.07 Å². The van der Waals surface area contributed by atoms with Crippen LogP contribution in [-0.4, -0.2) is 29.7 Å². The summed E-state index contributed by atoms with van der Waals surface area (Å²) < 4.78 is 13.6. The smallest absolute Gasteiger partial charge is 0.129 e. The fourth-order valence-electron chi connectivity index (χ4n) is 2.34. The molecule has 0 spiro atoms. The average molecular weight is 238 g/mol. The Morgan fingerprint density at radius 3 is 2.76 bits per heavy atom. The van der Waals surface area contributed by atoms with Crippen molar-refractivity contribution in [1.82, 2.24) is 4.90 Å². The highest BCUT2D eigenvalue weighted by atomic mass is 19.1. The van der Waals surface area contributed by atoms with Crippen LogP contribution in [0.3, 0.4) is 0 Å². The molecule has 0 heterocycles. The van der Waals surface area contributed by atoms with Gasteiger partial charge in [0.15, 0.2) is 0 Å². The maximum absolute atomic E-state index is 13.6. The molecule has 0 aliphatic heterocycles. The molecule has 1 fully saturated rings. The minimum Gasteiger partial charge on any atom is -0.399 e. The minimum absolute atomic E-state index is 0.123. The molecule has 1 aromatic carbocycles. The molecule has 3 nitrogen and oxygen atoms in total. The maximum Gasteiger partial charge on any atom is 0.129 e. The second kappa shape index (κ2) is 5.02. The topological polar surface area (TPSA) is 49.5 Å². The average Bonchev–Trinajstić information content (AvgIpc) is 2.20. The first-order valence-electron chi connectivity index (χ1n) is 5.95. The normalized spacial score (nSPS) is 23.8. The van der Waals surface area contributed by atoms with Crippen LogP contribution in [0, 0.1) is 11.7 Å². The number of benzene rings is 1. The number of aliphatic hydroxyl groups excluding tert-OH is 1. The van der Waals surface area contributed by atoms with Gasteiger partial charge in [-0.25, -0.2) is 4.39 Å². The van der Waals surface area contributed by atoms with E-state index in [9.17, 15) is 9.50 Å². The first kappa shape index (κ1) is 12.3. The third-order valence-corrected chi connectivity index (χ3v) is 3.30. The molecule has 3 N–H and O–H groups in total. The zero-order valence-electron chi connectivity index (χ0n) is 10.1. The number of nitrogen functional groups attached to an aromatic ring is 1. The van der Waals surface area contributed by atoms with Gasteiger partial charge < -0.3 is 15.7 Å². The number of aliphatic hydroxyl groups is 1. The van der Waals surface area contributed by atoms with E-state index in [1.807, 2.05) is 7.05 Å². The van der Waals surface area contributed by atoms with Gasteiger partial charge in [-0.2, -0.15) is 0 Å². The van der Waals surface area contributed by atoms with Crippen LogP contribution in [0.1, 0.15) is 18.4 Å². The summed E-state index contributed by atoms with van der Waals surface area (Å²) in [7, 11) is 1.97. The lowest BCUT2D eigenvalue weighted by molar-refractivity contribution is 0.0272. The molecule has 2 rings (SSSR count). The van der Waals surface area contributed by atoms with Crippen LogP contribution in [0.2, 0.25) is 0 Å². The molecule has 17 heavy (non-hydrogen) atoms. The lowest BCUT2D eigenvalue weighted by atomic mass is 9.82. The van der Waals surface area contributed by atoms with Gasteiger partial charge in [-0.15, -0.1) is 0 Å². The van der Waals surface area contributed by atoms with E-state index in [0.29, 0.717) is 23.7 Å². The molecule has 0 aromatic heterocycles. The Balaban J connectivity index is 1.87. The SMILES string of the molecule is CN(Cc1ccc(N)cc1F)CC1CC(O)C1. The Bertz CT molecular complexity index is 391. The van der Waals surface area contributed by atoms with Crippen molar-refractivity contribution in [2.24, 2.45) is 5.92 Å². The van der Waals surface area contributed by atoms with E-state index in [2.05, 4.69) is 4.90 Å². The fourth-order valence-corrected chi connectivity index (χ4v) is 2.34. The zero-order valence-corrected chi connectivity index (χ0v) is 10.1. The first-order valence-corrected chi connectivity index (χ1v) is 5.95. The van der Waals surface area contributed by atoms with Crippen LogP contribution in [0.4, 0.5) is 10.1 Å². The Kier molecular flexibility index (Phi) is 3.64. The molecule has 1 saturated carbocycles. The van der Waals surface area contributed by atoms with Gasteiger partial charge in [-0.05, 0) is 37.9 Å². The van der Waals surface area contributed by atoms with Crippen LogP contribution in [0.5, 0.6) is 0 Å². The highest BCUT2D eigenvalue weighted by Crippen LogP contribution is 2.28. The summed E-state index contributed by atoms with van der Waals surface area (Å²) in [6, 6.07) is 4.81. The number of nitrogens with zero attached hydrogens (tertiary/aromatic N) is 1. The number of anilines is 1. The van der Waals surface area contributed by atoms with Crippen molar-refractivity contribution in [3.63, 3.8) is 0 Å².